The number of aromatic nitrogens is 1. The van der Waals surface area contributed by atoms with Gasteiger partial charge in [0.15, 0.2) is 0 Å². The maximum absolute atomic E-state index is 11.9. The van der Waals surface area contributed by atoms with Crippen molar-refractivity contribution >= 4 is 0 Å². The lowest BCUT2D eigenvalue weighted by Crippen LogP contribution is -2.43. The Morgan fingerprint density at radius 2 is 1.63 bits per heavy atom. The van der Waals surface area contributed by atoms with Crippen molar-refractivity contribution in [2.45, 2.75) is 57.6 Å². The SMILES string of the molecule is Cc1cc(-c2ccc(OC3CCN(C4CCCC4)CC3)cc2)cn(C)c1=O. The van der Waals surface area contributed by atoms with E-state index in [1.165, 1.54) is 38.8 Å². The normalized spacial score (nSPS) is 19.5. The minimum absolute atomic E-state index is 0.0580. The van der Waals surface area contributed by atoms with Crippen LogP contribution in [0.15, 0.2) is 41.3 Å². The summed E-state index contributed by atoms with van der Waals surface area (Å²) in [6.07, 6.45) is 10.0. The van der Waals surface area contributed by atoms with Crippen LogP contribution >= 0.6 is 0 Å². The molecule has 1 aromatic heterocycles. The predicted molar refractivity (Wildman–Crippen MR) is 109 cm³/mol. The molecule has 1 saturated heterocycles. The van der Waals surface area contributed by atoms with E-state index in [9.17, 15) is 4.79 Å². The minimum Gasteiger partial charge on any atom is -0.490 e. The second-order valence-corrected chi connectivity index (χ2v) is 8.14. The maximum atomic E-state index is 11.9. The van der Waals surface area contributed by atoms with Crippen molar-refractivity contribution in [3.63, 3.8) is 0 Å². The number of pyridine rings is 1. The van der Waals surface area contributed by atoms with Gasteiger partial charge in [-0.25, -0.2) is 0 Å². The van der Waals surface area contributed by atoms with Crippen LogP contribution in [0.3, 0.4) is 0 Å². The molecule has 0 amide bonds. The third-order valence-electron chi connectivity index (χ3n) is 6.17. The van der Waals surface area contributed by atoms with E-state index in [4.69, 9.17) is 4.74 Å². The molecule has 27 heavy (non-hydrogen) atoms. The van der Waals surface area contributed by atoms with Crippen molar-refractivity contribution in [2.75, 3.05) is 13.1 Å². The Kier molecular flexibility index (Phi) is 5.35. The smallest absolute Gasteiger partial charge is 0.253 e. The van der Waals surface area contributed by atoms with E-state index < -0.39 is 0 Å². The molecule has 0 N–H and O–H groups in total. The monoisotopic (exact) mass is 366 g/mol. The Morgan fingerprint density at radius 1 is 0.963 bits per heavy atom. The lowest BCUT2D eigenvalue weighted by Gasteiger charge is -2.36. The van der Waals surface area contributed by atoms with Crippen molar-refractivity contribution in [2.24, 2.45) is 7.05 Å². The van der Waals surface area contributed by atoms with Gasteiger partial charge in [-0.15, -0.1) is 0 Å². The van der Waals surface area contributed by atoms with Gasteiger partial charge < -0.3 is 14.2 Å². The fourth-order valence-corrected chi connectivity index (χ4v) is 4.58. The summed E-state index contributed by atoms with van der Waals surface area (Å²) in [5.41, 5.74) is 3.00. The highest BCUT2D eigenvalue weighted by atomic mass is 16.5. The van der Waals surface area contributed by atoms with Crippen LogP contribution in [-0.4, -0.2) is 34.7 Å². The van der Waals surface area contributed by atoms with Gasteiger partial charge in [0.1, 0.15) is 11.9 Å². The van der Waals surface area contributed by atoms with Crippen LogP contribution in [0.2, 0.25) is 0 Å². The Hall–Kier alpha value is -2.07. The van der Waals surface area contributed by atoms with Gasteiger partial charge in [-0.3, -0.25) is 4.79 Å². The maximum Gasteiger partial charge on any atom is 0.253 e. The molecule has 0 unspecified atom stereocenters. The van der Waals surface area contributed by atoms with E-state index in [0.29, 0.717) is 6.10 Å². The van der Waals surface area contributed by atoms with Crippen molar-refractivity contribution < 1.29 is 4.74 Å². The van der Waals surface area contributed by atoms with Crippen molar-refractivity contribution in [3.8, 4) is 16.9 Å². The first kappa shape index (κ1) is 18.3. The third-order valence-corrected chi connectivity index (χ3v) is 6.17. The van der Waals surface area contributed by atoms with Gasteiger partial charge in [-0.1, -0.05) is 25.0 Å². The average Bonchev–Trinajstić information content (AvgIpc) is 3.22. The van der Waals surface area contributed by atoms with Crippen LogP contribution in [-0.2, 0) is 7.05 Å². The van der Waals surface area contributed by atoms with Gasteiger partial charge in [0.2, 0.25) is 0 Å². The highest BCUT2D eigenvalue weighted by molar-refractivity contribution is 5.63. The molecule has 0 spiro atoms. The molecule has 144 valence electrons. The molecular formula is C23H30N2O2. The number of hydrogen-bond acceptors (Lipinski definition) is 3. The zero-order valence-corrected chi connectivity index (χ0v) is 16.5. The van der Waals surface area contributed by atoms with Crippen molar-refractivity contribution in [1.82, 2.24) is 9.47 Å². The zero-order valence-electron chi connectivity index (χ0n) is 16.5. The quantitative estimate of drug-likeness (QED) is 0.815. The van der Waals surface area contributed by atoms with E-state index >= 15 is 0 Å². The molecule has 0 radical (unpaired) electrons. The fourth-order valence-electron chi connectivity index (χ4n) is 4.58. The molecule has 2 fully saturated rings. The number of aryl methyl sites for hydroxylation is 2. The van der Waals surface area contributed by atoms with Crippen molar-refractivity contribution in [1.29, 1.82) is 0 Å². The van der Waals surface area contributed by atoms with Gasteiger partial charge in [0, 0.05) is 37.9 Å². The Balaban J connectivity index is 1.36. The van der Waals surface area contributed by atoms with E-state index in [2.05, 4.69) is 29.2 Å². The molecule has 2 heterocycles. The Labute approximate surface area is 161 Å². The van der Waals surface area contributed by atoms with E-state index in [-0.39, 0.29) is 5.56 Å². The summed E-state index contributed by atoms with van der Waals surface area (Å²) in [6, 6.07) is 11.1. The second kappa shape index (κ2) is 7.89. The summed E-state index contributed by atoms with van der Waals surface area (Å²) in [6.45, 7) is 4.21. The zero-order chi connectivity index (χ0) is 18.8. The first-order chi connectivity index (χ1) is 13.1. The first-order valence-electron chi connectivity index (χ1n) is 10.3. The number of ether oxygens (including phenoxy) is 1. The number of benzene rings is 1. The Morgan fingerprint density at radius 3 is 2.26 bits per heavy atom. The number of piperidine rings is 1. The second-order valence-electron chi connectivity index (χ2n) is 8.14. The summed E-state index contributed by atoms with van der Waals surface area (Å²) in [4.78, 5) is 14.6. The molecule has 1 aliphatic carbocycles. The highest BCUT2D eigenvalue weighted by Gasteiger charge is 2.27. The summed E-state index contributed by atoms with van der Waals surface area (Å²) in [5, 5.41) is 0. The Bertz CT molecular complexity index is 800. The largest absolute Gasteiger partial charge is 0.490 e. The molecular weight excluding hydrogens is 336 g/mol. The molecule has 4 heteroatoms. The molecule has 0 atom stereocenters. The molecule has 1 aromatic carbocycles. The van der Waals surface area contributed by atoms with Crippen LogP contribution in [0.1, 0.15) is 44.1 Å². The predicted octanol–water partition coefficient (Wildman–Crippen LogP) is 4.15. The van der Waals surface area contributed by atoms with Crippen LogP contribution in [0.5, 0.6) is 5.75 Å². The molecule has 1 aliphatic heterocycles. The summed E-state index contributed by atoms with van der Waals surface area (Å²) < 4.78 is 7.89. The first-order valence-corrected chi connectivity index (χ1v) is 10.3. The highest BCUT2D eigenvalue weighted by Crippen LogP contribution is 2.28. The topological polar surface area (TPSA) is 34.5 Å². The van der Waals surface area contributed by atoms with Crippen LogP contribution in [0, 0.1) is 6.92 Å². The molecule has 4 rings (SSSR count). The lowest BCUT2D eigenvalue weighted by molar-refractivity contribution is 0.0768. The molecule has 2 aliphatic rings. The fraction of sp³-hybridized carbons (Fsp3) is 0.522. The number of likely N-dealkylation sites (tertiary alicyclic amines) is 1. The lowest BCUT2D eigenvalue weighted by atomic mass is 10.0. The van der Waals surface area contributed by atoms with E-state index in [1.807, 2.05) is 19.2 Å². The summed E-state index contributed by atoms with van der Waals surface area (Å²) in [5.74, 6) is 0.944. The van der Waals surface area contributed by atoms with E-state index in [1.54, 1.807) is 11.6 Å². The number of nitrogens with zero attached hydrogens (tertiary/aromatic N) is 2. The third kappa shape index (κ3) is 4.11. The van der Waals surface area contributed by atoms with Gasteiger partial charge in [-0.2, -0.15) is 0 Å². The van der Waals surface area contributed by atoms with Gasteiger partial charge >= 0.3 is 0 Å². The summed E-state index contributed by atoms with van der Waals surface area (Å²) in [7, 11) is 1.80. The van der Waals surface area contributed by atoms with Crippen LogP contribution in [0.4, 0.5) is 0 Å². The van der Waals surface area contributed by atoms with Crippen LogP contribution in [0.25, 0.3) is 11.1 Å². The molecule has 1 saturated carbocycles. The van der Waals surface area contributed by atoms with Gasteiger partial charge in [-0.05, 0) is 61.9 Å². The van der Waals surface area contributed by atoms with E-state index in [0.717, 1.165) is 41.3 Å². The number of hydrogen-bond donors (Lipinski definition) is 0. The number of rotatable bonds is 4. The van der Waals surface area contributed by atoms with Gasteiger partial charge in [0.25, 0.3) is 5.56 Å². The molecule has 4 nitrogen and oxygen atoms in total. The molecule has 2 aromatic rings. The standard InChI is InChI=1S/C23H30N2O2/c1-17-15-19(16-24(2)23(17)26)18-7-9-21(10-8-18)27-22-11-13-25(14-12-22)20-5-3-4-6-20/h7-10,15-16,20,22H,3-6,11-14H2,1-2H3. The average molecular weight is 367 g/mol. The van der Waals surface area contributed by atoms with Crippen LogP contribution < -0.4 is 10.3 Å². The summed E-state index contributed by atoms with van der Waals surface area (Å²) >= 11 is 0. The van der Waals surface area contributed by atoms with Gasteiger partial charge in [0.05, 0.1) is 0 Å². The minimum atomic E-state index is 0.0580. The molecule has 0 bridgehead atoms. The van der Waals surface area contributed by atoms with Crippen molar-refractivity contribution in [3.05, 3.63) is 52.4 Å².